The number of pyridine rings is 1. The zero-order valence-electron chi connectivity index (χ0n) is 15.0. The largest absolute Gasteiger partial charge is 0.347 e. The Morgan fingerprint density at radius 3 is 2.72 bits per heavy atom. The summed E-state index contributed by atoms with van der Waals surface area (Å²) in [5.74, 6) is 0.325. The van der Waals surface area contributed by atoms with Crippen molar-refractivity contribution in [1.82, 2.24) is 29.9 Å². The topological polar surface area (TPSA) is 121 Å². The smallest absolute Gasteiger partial charge is 0.272 e. The van der Waals surface area contributed by atoms with Gasteiger partial charge in [0.05, 0.1) is 10.6 Å². The van der Waals surface area contributed by atoms with Crippen molar-refractivity contribution in [3.05, 3.63) is 94.7 Å². The lowest BCUT2D eigenvalue weighted by atomic mass is 10.2. The fourth-order valence-corrected chi connectivity index (χ4v) is 2.67. The van der Waals surface area contributed by atoms with Gasteiger partial charge >= 0.3 is 0 Å². The Hall–Kier alpha value is -4.34. The van der Waals surface area contributed by atoms with Crippen molar-refractivity contribution in [1.29, 1.82) is 0 Å². The highest BCUT2D eigenvalue weighted by Gasteiger charge is 2.12. The van der Waals surface area contributed by atoms with Gasteiger partial charge < -0.3 is 5.32 Å². The van der Waals surface area contributed by atoms with E-state index in [1.165, 1.54) is 16.8 Å². The molecule has 4 rings (SSSR count). The van der Waals surface area contributed by atoms with E-state index in [9.17, 15) is 14.9 Å². The molecule has 4 aromatic rings. The Morgan fingerprint density at radius 1 is 1.10 bits per heavy atom. The fourth-order valence-electron chi connectivity index (χ4n) is 2.67. The lowest BCUT2D eigenvalue weighted by molar-refractivity contribution is -0.384. The number of hydrogen-bond acceptors (Lipinski definition) is 6. The van der Waals surface area contributed by atoms with Gasteiger partial charge in [0.1, 0.15) is 0 Å². The number of hydrogen-bond donors (Lipinski definition) is 1. The molecule has 0 aliphatic rings. The number of rotatable bonds is 6. The predicted molar refractivity (Wildman–Crippen MR) is 103 cm³/mol. The minimum Gasteiger partial charge on any atom is -0.347 e. The van der Waals surface area contributed by atoms with Crippen LogP contribution < -0.4 is 5.32 Å². The monoisotopic (exact) mass is 389 g/mol. The number of nitro groups is 1. The zero-order valence-corrected chi connectivity index (χ0v) is 15.0. The molecule has 10 heteroatoms. The van der Waals surface area contributed by atoms with Crippen molar-refractivity contribution < 1.29 is 9.72 Å². The molecule has 0 radical (unpaired) electrons. The van der Waals surface area contributed by atoms with Crippen LogP contribution in [0.2, 0.25) is 0 Å². The Kier molecular flexibility index (Phi) is 4.81. The average Bonchev–Trinajstić information content (AvgIpc) is 3.45. The molecule has 144 valence electrons. The number of amides is 1. The van der Waals surface area contributed by atoms with Gasteiger partial charge in [0, 0.05) is 43.5 Å². The molecule has 29 heavy (non-hydrogen) atoms. The molecule has 3 heterocycles. The summed E-state index contributed by atoms with van der Waals surface area (Å²) in [6.45, 7) is 0.287. The molecule has 1 amide bonds. The highest BCUT2D eigenvalue weighted by atomic mass is 16.6. The SMILES string of the molecule is O=C(NCc1ccc(-n2cccn2)nc1)c1ccn(-c2cccc([N+](=O)[O-])c2)n1. The van der Waals surface area contributed by atoms with E-state index in [1.807, 2.05) is 18.2 Å². The molecular weight excluding hydrogens is 374 g/mol. The number of carbonyl (C=O) groups excluding carboxylic acids is 1. The van der Waals surface area contributed by atoms with Gasteiger partial charge in [-0.2, -0.15) is 10.2 Å². The average molecular weight is 389 g/mol. The van der Waals surface area contributed by atoms with Gasteiger partial charge in [-0.05, 0) is 29.8 Å². The van der Waals surface area contributed by atoms with Gasteiger partial charge in [-0.15, -0.1) is 0 Å². The first-order chi connectivity index (χ1) is 14.1. The summed E-state index contributed by atoms with van der Waals surface area (Å²) < 4.78 is 3.06. The third kappa shape index (κ3) is 4.00. The van der Waals surface area contributed by atoms with E-state index in [4.69, 9.17) is 0 Å². The maximum absolute atomic E-state index is 12.4. The molecule has 0 aliphatic heterocycles. The van der Waals surface area contributed by atoms with Crippen molar-refractivity contribution in [2.45, 2.75) is 6.54 Å². The maximum atomic E-state index is 12.4. The summed E-state index contributed by atoms with van der Waals surface area (Å²) in [7, 11) is 0. The molecule has 10 nitrogen and oxygen atoms in total. The highest BCUT2D eigenvalue weighted by molar-refractivity contribution is 5.92. The first kappa shape index (κ1) is 18.0. The summed E-state index contributed by atoms with van der Waals surface area (Å²) >= 11 is 0. The number of carbonyl (C=O) groups is 1. The summed E-state index contributed by atoms with van der Waals surface area (Å²) in [5.41, 5.74) is 1.48. The maximum Gasteiger partial charge on any atom is 0.272 e. The molecule has 1 N–H and O–H groups in total. The lowest BCUT2D eigenvalue weighted by Gasteiger charge is -2.05. The summed E-state index contributed by atoms with van der Waals surface area (Å²) in [6, 6.07) is 13.0. The minimum absolute atomic E-state index is 0.0462. The van der Waals surface area contributed by atoms with E-state index in [2.05, 4.69) is 20.5 Å². The second-order valence-corrected chi connectivity index (χ2v) is 6.08. The van der Waals surface area contributed by atoms with Gasteiger partial charge in [0.15, 0.2) is 11.5 Å². The van der Waals surface area contributed by atoms with Crippen molar-refractivity contribution in [3.8, 4) is 11.5 Å². The Morgan fingerprint density at radius 2 is 2.00 bits per heavy atom. The molecular formula is C19H15N7O3. The molecule has 0 atom stereocenters. The van der Waals surface area contributed by atoms with Crippen LogP contribution in [0.4, 0.5) is 5.69 Å². The predicted octanol–water partition coefficient (Wildman–Crippen LogP) is 2.29. The molecule has 0 saturated carbocycles. The third-order valence-electron chi connectivity index (χ3n) is 4.13. The standard InChI is InChI=1S/C19H15N7O3/c27-19(21-13-14-5-6-18(20-12-14)25-9-2-8-22-25)17-7-10-24(23-17)15-3-1-4-16(11-15)26(28)29/h1-12H,13H2,(H,21,27). The quantitative estimate of drug-likeness (QED) is 0.399. The number of aromatic nitrogens is 5. The van der Waals surface area contributed by atoms with E-state index < -0.39 is 4.92 Å². The molecule has 0 unspecified atom stereocenters. The number of nitro benzene ring substituents is 1. The van der Waals surface area contributed by atoms with Crippen LogP contribution in [-0.2, 0) is 6.54 Å². The van der Waals surface area contributed by atoms with Gasteiger partial charge in [-0.3, -0.25) is 14.9 Å². The van der Waals surface area contributed by atoms with Crippen LogP contribution >= 0.6 is 0 Å². The molecule has 0 bridgehead atoms. The van der Waals surface area contributed by atoms with E-state index in [1.54, 1.807) is 47.7 Å². The molecule has 0 saturated heterocycles. The molecule has 1 aromatic carbocycles. The van der Waals surface area contributed by atoms with E-state index in [0.717, 1.165) is 5.56 Å². The second-order valence-electron chi connectivity index (χ2n) is 6.08. The number of non-ortho nitro benzene ring substituents is 1. The van der Waals surface area contributed by atoms with Crippen molar-refractivity contribution >= 4 is 11.6 Å². The van der Waals surface area contributed by atoms with E-state index in [-0.39, 0.29) is 23.8 Å². The summed E-state index contributed by atoms with van der Waals surface area (Å²) in [5, 5.41) is 22.0. The van der Waals surface area contributed by atoms with Crippen LogP contribution in [0, 0.1) is 10.1 Å². The first-order valence-electron chi connectivity index (χ1n) is 8.64. The Balaban J connectivity index is 1.41. The normalized spacial score (nSPS) is 10.6. The van der Waals surface area contributed by atoms with Gasteiger partial charge in [0.25, 0.3) is 11.6 Å². The number of benzene rings is 1. The van der Waals surface area contributed by atoms with Crippen molar-refractivity contribution in [3.63, 3.8) is 0 Å². The molecule has 0 aliphatic carbocycles. The van der Waals surface area contributed by atoms with Gasteiger partial charge in [0.2, 0.25) is 0 Å². The van der Waals surface area contributed by atoms with Gasteiger partial charge in [-0.1, -0.05) is 12.1 Å². The van der Waals surface area contributed by atoms with Crippen LogP contribution in [0.5, 0.6) is 0 Å². The molecule has 3 aromatic heterocycles. The van der Waals surface area contributed by atoms with E-state index >= 15 is 0 Å². The molecule has 0 fully saturated rings. The number of nitrogens with one attached hydrogen (secondary N) is 1. The fraction of sp³-hybridized carbons (Fsp3) is 0.0526. The van der Waals surface area contributed by atoms with Crippen LogP contribution in [0.15, 0.2) is 73.3 Å². The molecule has 0 spiro atoms. The Labute approximate surface area is 164 Å². The summed E-state index contributed by atoms with van der Waals surface area (Å²) in [4.78, 5) is 27.1. The van der Waals surface area contributed by atoms with Crippen molar-refractivity contribution in [2.24, 2.45) is 0 Å². The lowest BCUT2D eigenvalue weighted by Crippen LogP contribution is -2.23. The van der Waals surface area contributed by atoms with Crippen molar-refractivity contribution in [2.75, 3.05) is 0 Å². The highest BCUT2D eigenvalue weighted by Crippen LogP contribution is 2.16. The van der Waals surface area contributed by atoms with Crippen LogP contribution in [0.25, 0.3) is 11.5 Å². The third-order valence-corrected chi connectivity index (χ3v) is 4.13. The van der Waals surface area contributed by atoms with Gasteiger partial charge in [-0.25, -0.2) is 14.3 Å². The second kappa shape index (κ2) is 7.72. The van der Waals surface area contributed by atoms with Crippen LogP contribution in [0.3, 0.4) is 0 Å². The first-order valence-corrected chi connectivity index (χ1v) is 8.64. The zero-order chi connectivity index (χ0) is 20.2. The number of nitrogens with zero attached hydrogens (tertiary/aromatic N) is 6. The van der Waals surface area contributed by atoms with Crippen LogP contribution in [0.1, 0.15) is 16.1 Å². The summed E-state index contributed by atoms with van der Waals surface area (Å²) in [6.07, 6.45) is 6.71. The minimum atomic E-state index is -0.480. The Bertz CT molecular complexity index is 1150. The van der Waals surface area contributed by atoms with Crippen LogP contribution in [-0.4, -0.2) is 35.4 Å². The van der Waals surface area contributed by atoms with E-state index in [0.29, 0.717) is 11.5 Å².